The minimum atomic E-state index is -0.516. The molecule has 3 heteroatoms. The Morgan fingerprint density at radius 3 is 2.64 bits per heavy atom. The summed E-state index contributed by atoms with van der Waals surface area (Å²) in [5, 5.41) is 15.6. The minimum Gasteiger partial charge on any atom is -0.387 e. The smallest absolute Gasteiger partial charge is 0.0950 e. The zero-order chi connectivity index (χ0) is 17.2. The van der Waals surface area contributed by atoms with Crippen LogP contribution in [0.5, 0.6) is 0 Å². The maximum atomic E-state index is 11.1. The second-order valence-electron chi connectivity index (χ2n) is 6.98. The van der Waals surface area contributed by atoms with E-state index in [2.05, 4.69) is 48.6 Å². The topological polar surface area (TPSA) is 45.1 Å². The molecule has 1 saturated heterocycles. The van der Waals surface area contributed by atoms with E-state index in [1.54, 1.807) is 0 Å². The molecular weight excluding hydrogens is 308 g/mol. The summed E-state index contributed by atoms with van der Waals surface area (Å²) in [6.45, 7) is 3.07. The molecule has 1 aliphatic rings. The van der Waals surface area contributed by atoms with Crippen LogP contribution in [0.25, 0.3) is 22.2 Å². The molecule has 2 aromatic carbocycles. The molecule has 2 heterocycles. The average molecular weight is 332 g/mol. The molecule has 128 valence electrons. The lowest BCUT2D eigenvalue weighted by Crippen LogP contribution is -2.38. The number of hydrogen-bond acceptors (Lipinski definition) is 3. The van der Waals surface area contributed by atoms with Crippen molar-refractivity contribution < 1.29 is 5.11 Å². The first-order chi connectivity index (χ1) is 12.2. The third-order valence-corrected chi connectivity index (χ3v) is 5.14. The van der Waals surface area contributed by atoms with Crippen LogP contribution in [0.2, 0.25) is 0 Å². The fraction of sp³-hybridized carbons (Fsp3) is 0.318. The van der Waals surface area contributed by atoms with Gasteiger partial charge in [-0.05, 0) is 44.0 Å². The van der Waals surface area contributed by atoms with E-state index in [1.165, 1.54) is 18.4 Å². The van der Waals surface area contributed by atoms with Crippen molar-refractivity contribution in [2.45, 2.75) is 38.3 Å². The van der Waals surface area contributed by atoms with Gasteiger partial charge in [-0.3, -0.25) is 0 Å². The van der Waals surface area contributed by atoms with Gasteiger partial charge in [0.05, 0.1) is 17.3 Å². The zero-order valence-corrected chi connectivity index (χ0v) is 14.6. The number of aryl methyl sites for hydroxylation is 1. The number of aliphatic hydroxyl groups is 1. The molecule has 4 rings (SSSR count). The molecule has 0 unspecified atom stereocenters. The number of piperidine rings is 1. The maximum absolute atomic E-state index is 11.1. The Morgan fingerprint density at radius 2 is 1.88 bits per heavy atom. The predicted octanol–water partition coefficient (Wildman–Crippen LogP) is 4.39. The molecule has 2 atom stereocenters. The van der Waals surface area contributed by atoms with Crippen molar-refractivity contribution in [3.63, 3.8) is 0 Å². The molecular formula is C22H24N2O. The van der Waals surface area contributed by atoms with Gasteiger partial charge in [-0.15, -0.1) is 0 Å². The Labute approximate surface area is 148 Å². The van der Waals surface area contributed by atoms with Crippen LogP contribution in [0.3, 0.4) is 0 Å². The van der Waals surface area contributed by atoms with Gasteiger partial charge in [0.2, 0.25) is 0 Å². The van der Waals surface area contributed by atoms with Crippen molar-refractivity contribution in [3.8, 4) is 11.3 Å². The number of para-hydroxylation sites is 1. The summed E-state index contributed by atoms with van der Waals surface area (Å²) >= 11 is 0. The van der Waals surface area contributed by atoms with Crippen LogP contribution in [0.1, 0.15) is 36.5 Å². The number of rotatable bonds is 3. The lowest BCUT2D eigenvalue weighted by molar-refractivity contribution is 0.115. The van der Waals surface area contributed by atoms with Crippen molar-refractivity contribution in [2.24, 2.45) is 0 Å². The lowest BCUT2D eigenvalue weighted by Gasteiger charge is -2.29. The number of nitrogens with zero attached hydrogens (tertiary/aromatic N) is 1. The van der Waals surface area contributed by atoms with Gasteiger partial charge in [0.1, 0.15) is 0 Å². The van der Waals surface area contributed by atoms with E-state index >= 15 is 0 Å². The Morgan fingerprint density at radius 1 is 1.08 bits per heavy atom. The van der Waals surface area contributed by atoms with Crippen molar-refractivity contribution in [3.05, 3.63) is 65.7 Å². The molecule has 0 amide bonds. The molecule has 25 heavy (non-hydrogen) atoms. The van der Waals surface area contributed by atoms with E-state index in [9.17, 15) is 5.11 Å². The molecule has 0 spiro atoms. The van der Waals surface area contributed by atoms with Gasteiger partial charge in [0.25, 0.3) is 0 Å². The van der Waals surface area contributed by atoms with Crippen LogP contribution in [-0.2, 0) is 0 Å². The molecule has 0 saturated carbocycles. The minimum absolute atomic E-state index is 0.116. The molecule has 1 aromatic heterocycles. The van der Waals surface area contributed by atoms with Gasteiger partial charge in [0, 0.05) is 17.0 Å². The highest BCUT2D eigenvalue weighted by atomic mass is 16.3. The molecule has 0 radical (unpaired) electrons. The zero-order valence-electron chi connectivity index (χ0n) is 14.6. The summed E-state index contributed by atoms with van der Waals surface area (Å²) in [7, 11) is 0. The standard InChI is InChI=1S/C22H24N2O/c1-15-9-11-16(12-10-15)21-14-18(17-6-2-3-7-19(17)24-21)22(25)20-8-4-5-13-23-20/h2-3,6-7,9-12,14,20,22-23,25H,4-5,8,13H2,1H3/t20-,22-/m0/s1. The first kappa shape index (κ1) is 16.2. The van der Waals surface area contributed by atoms with Crippen LogP contribution in [-0.4, -0.2) is 22.7 Å². The second kappa shape index (κ2) is 6.95. The van der Waals surface area contributed by atoms with E-state index in [4.69, 9.17) is 4.98 Å². The Hall–Kier alpha value is -2.23. The highest BCUT2D eigenvalue weighted by Gasteiger charge is 2.25. The number of hydrogen-bond donors (Lipinski definition) is 2. The molecule has 3 aromatic rings. The molecule has 1 fully saturated rings. The highest BCUT2D eigenvalue weighted by Crippen LogP contribution is 2.32. The van der Waals surface area contributed by atoms with E-state index in [-0.39, 0.29) is 6.04 Å². The van der Waals surface area contributed by atoms with E-state index in [0.717, 1.165) is 40.7 Å². The van der Waals surface area contributed by atoms with Crippen molar-refractivity contribution in [1.29, 1.82) is 0 Å². The summed E-state index contributed by atoms with van der Waals surface area (Å²) in [6, 6.07) is 18.7. The van der Waals surface area contributed by atoms with Gasteiger partial charge < -0.3 is 10.4 Å². The lowest BCUT2D eigenvalue weighted by atomic mass is 9.92. The Kier molecular flexibility index (Phi) is 4.51. The van der Waals surface area contributed by atoms with Gasteiger partial charge in [0.15, 0.2) is 0 Å². The fourth-order valence-electron chi connectivity index (χ4n) is 3.68. The van der Waals surface area contributed by atoms with Crippen LogP contribution in [0, 0.1) is 6.92 Å². The number of aromatic nitrogens is 1. The Balaban J connectivity index is 1.82. The highest BCUT2D eigenvalue weighted by molar-refractivity contribution is 5.85. The molecule has 0 bridgehead atoms. The normalized spacial score (nSPS) is 19.0. The third-order valence-electron chi connectivity index (χ3n) is 5.14. The number of benzene rings is 2. The fourth-order valence-corrected chi connectivity index (χ4v) is 3.68. The first-order valence-corrected chi connectivity index (χ1v) is 9.10. The third kappa shape index (κ3) is 3.30. The van der Waals surface area contributed by atoms with Crippen LogP contribution in [0.15, 0.2) is 54.6 Å². The van der Waals surface area contributed by atoms with Gasteiger partial charge in [-0.25, -0.2) is 4.98 Å². The van der Waals surface area contributed by atoms with Crippen molar-refractivity contribution in [2.75, 3.05) is 6.54 Å². The molecule has 3 nitrogen and oxygen atoms in total. The summed E-state index contributed by atoms with van der Waals surface area (Å²) in [5.41, 5.74) is 5.15. The van der Waals surface area contributed by atoms with E-state index in [0.29, 0.717) is 0 Å². The van der Waals surface area contributed by atoms with Crippen molar-refractivity contribution in [1.82, 2.24) is 10.3 Å². The average Bonchev–Trinajstić information content (AvgIpc) is 2.68. The number of fused-ring (bicyclic) bond motifs is 1. The van der Waals surface area contributed by atoms with Crippen LogP contribution in [0.4, 0.5) is 0 Å². The van der Waals surface area contributed by atoms with E-state index < -0.39 is 6.10 Å². The quantitative estimate of drug-likeness (QED) is 0.748. The van der Waals surface area contributed by atoms with Gasteiger partial charge in [-0.1, -0.05) is 54.4 Å². The second-order valence-corrected chi connectivity index (χ2v) is 6.98. The van der Waals surface area contributed by atoms with Gasteiger partial charge >= 0.3 is 0 Å². The summed E-state index contributed by atoms with van der Waals surface area (Å²) in [6.07, 6.45) is 2.85. The predicted molar refractivity (Wildman–Crippen MR) is 103 cm³/mol. The van der Waals surface area contributed by atoms with Crippen molar-refractivity contribution >= 4 is 10.9 Å². The number of nitrogens with one attached hydrogen (secondary N) is 1. The number of pyridine rings is 1. The number of aliphatic hydroxyl groups excluding tert-OH is 1. The monoisotopic (exact) mass is 332 g/mol. The maximum Gasteiger partial charge on any atom is 0.0950 e. The largest absolute Gasteiger partial charge is 0.387 e. The van der Waals surface area contributed by atoms with Gasteiger partial charge in [-0.2, -0.15) is 0 Å². The summed E-state index contributed by atoms with van der Waals surface area (Å²) in [4.78, 5) is 4.83. The first-order valence-electron chi connectivity index (χ1n) is 9.10. The summed E-state index contributed by atoms with van der Waals surface area (Å²) in [5.74, 6) is 0. The van der Waals surface area contributed by atoms with E-state index in [1.807, 2.05) is 18.2 Å². The Bertz CT molecular complexity index is 867. The summed E-state index contributed by atoms with van der Waals surface area (Å²) < 4.78 is 0. The molecule has 1 aliphatic heterocycles. The van der Waals surface area contributed by atoms with Crippen LogP contribution < -0.4 is 5.32 Å². The SMILES string of the molecule is Cc1ccc(-c2cc([C@H](O)[C@@H]3CCCCN3)c3ccccc3n2)cc1. The molecule has 2 N–H and O–H groups in total. The van der Waals surface area contributed by atoms with Crippen LogP contribution >= 0.6 is 0 Å². The molecule has 0 aliphatic carbocycles.